The summed E-state index contributed by atoms with van der Waals surface area (Å²) in [6, 6.07) is 0. The number of hydrogen-bond donors (Lipinski definition) is 1. The summed E-state index contributed by atoms with van der Waals surface area (Å²) in [6.45, 7) is 4.97. The van der Waals surface area contributed by atoms with Crippen molar-refractivity contribution in [2.45, 2.75) is 58.1 Å². The van der Waals surface area contributed by atoms with E-state index < -0.39 is 5.60 Å². The highest BCUT2D eigenvalue weighted by molar-refractivity contribution is 4.98. The topological polar surface area (TPSA) is 38.0 Å². The maximum absolute atomic E-state index is 10.4. The first-order valence-electron chi connectivity index (χ1n) is 6.33. The Morgan fingerprint density at radius 3 is 2.88 bits per heavy atom. The van der Waals surface area contributed by atoms with E-state index >= 15 is 0 Å². The highest BCUT2D eigenvalue weighted by Gasteiger charge is 2.30. The van der Waals surface area contributed by atoms with Crippen molar-refractivity contribution in [2.75, 3.05) is 0 Å². The van der Waals surface area contributed by atoms with Crippen LogP contribution in [0.4, 0.5) is 0 Å². The summed E-state index contributed by atoms with van der Waals surface area (Å²) in [6.07, 6.45) is 9.31. The molecule has 1 N–H and O–H groups in total. The third-order valence-corrected chi connectivity index (χ3v) is 3.63. The molecule has 3 heteroatoms. The summed E-state index contributed by atoms with van der Waals surface area (Å²) in [5, 5.41) is 10.4. The Bertz CT molecular complexity index is 339. The second-order valence-corrected chi connectivity index (χ2v) is 5.30. The molecule has 3 nitrogen and oxygen atoms in total. The molecule has 1 atom stereocenters. The predicted octanol–water partition coefficient (Wildman–Crippen LogP) is 2.39. The number of aliphatic hydroxyl groups is 1. The summed E-state index contributed by atoms with van der Waals surface area (Å²) in [7, 11) is 0. The molecule has 1 heterocycles. The molecule has 1 unspecified atom stereocenters. The standard InChI is InChI=1S/C13H22N2O/c1-3-15-8-7-14-12(15)10-13(2,16)9-11-5-4-6-11/h7-8,11,16H,3-6,9-10H2,1-2H3. The van der Waals surface area contributed by atoms with Crippen LogP contribution in [-0.4, -0.2) is 20.3 Å². The molecule has 0 amide bonds. The minimum atomic E-state index is -0.594. The number of nitrogens with zero attached hydrogens (tertiary/aromatic N) is 2. The Labute approximate surface area is 97.5 Å². The monoisotopic (exact) mass is 222 g/mol. The Morgan fingerprint density at radius 1 is 1.56 bits per heavy atom. The van der Waals surface area contributed by atoms with E-state index in [-0.39, 0.29) is 0 Å². The fourth-order valence-electron chi connectivity index (χ4n) is 2.53. The minimum Gasteiger partial charge on any atom is -0.390 e. The van der Waals surface area contributed by atoms with Gasteiger partial charge in [-0.2, -0.15) is 0 Å². The van der Waals surface area contributed by atoms with E-state index in [0.717, 1.165) is 24.7 Å². The lowest BCUT2D eigenvalue weighted by atomic mass is 9.77. The molecule has 0 spiro atoms. The fraction of sp³-hybridized carbons (Fsp3) is 0.769. The average molecular weight is 222 g/mol. The van der Waals surface area contributed by atoms with Gasteiger partial charge in [0.15, 0.2) is 0 Å². The van der Waals surface area contributed by atoms with Crippen molar-refractivity contribution in [3.8, 4) is 0 Å². The van der Waals surface area contributed by atoms with E-state index in [1.54, 1.807) is 0 Å². The number of rotatable bonds is 5. The quantitative estimate of drug-likeness (QED) is 0.830. The van der Waals surface area contributed by atoms with E-state index in [1.165, 1.54) is 19.3 Å². The summed E-state index contributed by atoms with van der Waals surface area (Å²) in [5.74, 6) is 1.74. The van der Waals surface area contributed by atoms with Gasteiger partial charge in [-0.05, 0) is 26.2 Å². The summed E-state index contributed by atoms with van der Waals surface area (Å²) in [5.41, 5.74) is -0.594. The van der Waals surface area contributed by atoms with Crippen LogP contribution in [0.15, 0.2) is 12.4 Å². The fourth-order valence-corrected chi connectivity index (χ4v) is 2.53. The van der Waals surface area contributed by atoms with Crippen LogP contribution in [0.2, 0.25) is 0 Å². The Kier molecular flexibility index (Phi) is 3.33. The van der Waals surface area contributed by atoms with Crippen LogP contribution >= 0.6 is 0 Å². The van der Waals surface area contributed by atoms with Gasteiger partial charge in [-0.25, -0.2) is 4.98 Å². The molecular formula is C13H22N2O. The molecule has 16 heavy (non-hydrogen) atoms. The molecule has 1 aromatic rings. The van der Waals surface area contributed by atoms with Crippen molar-refractivity contribution < 1.29 is 5.11 Å². The van der Waals surface area contributed by atoms with Crippen molar-refractivity contribution in [1.82, 2.24) is 9.55 Å². The Morgan fingerprint density at radius 2 is 2.31 bits per heavy atom. The zero-order chi connectivity index (χ0) is 11.6. The van der Waals surface area contributed by atoms with Crippen molar-refractivity contribution in [2.24, 2.45) is 5.92 Å². The van der Waals surface area contributed by atoms with Gasteiger partial charge in [0.05, 0.1) is 5.60 Å². The van der Waals surface area contributed by atoms with E-state index in [4.69, 9.17) is 0 Å². The maximum atomic E-state index is 10.4. The number of hydrogen-bond acceptors (Lipinski definition) is 2. The summed E-state index contributed by atoms with van der Waals surface area (Å²) < 4.78 is 2.11. The Hall–Kier alpha value is -0.830. The van der Waals surface area contributed by atoms with Gasteiger partial charge >= 0.3 is 0 Å². The van der Waals surface area contributed by atoms with Gasteiger partial charge in [0.1, 0.15) is 5.82 Å². The molecule has 0 saturated heterocycles. The van der Waals surface area contributed by atoms with Crippen molar-refractivity contribution >= 4 is 0 Å². The second kappa shape index (κ2) is 4.58. The molecule has 90 valence electrons. The number of aromatic nitrogens is 2. The van der Waals surface area contributed by atoms with Crippen LogP contribution in [0.25, 0.3) is 0 Å². The van der Waals surface area contributed by atoms with Crippen molar-refractivity contribution in [3.63, 3.8) is 0 Å². The molecule has 1 saturated carbocycles. The first-order chi connectivity index (χ1) is 7.61. The first-order valence-corrected chi connectivity index (χ1v) is 6.33. The van der Waals surface area contributed by atoms with E-state index in [9.17, 15) is 5.11 Å². The van der Waals surface area contributed by atoms with Crippen LogP contribution in [0.5, 0.6) is 0 Å². The lowest BCUT2D eigenvalue weighted by Crippen LogP contribution is -2.33. The van der Waals surface area contributed by atoms with Gasteiger partial charge in [0.25, 0.3) is 0 Å². The van der Waals surface area contributed by atoms with Crippen molar-refractivity contribution in [1.29, 1.82) is 0 Å². The van der Waals surface area contributed by atoms with Crippen LogP contribution in [0.1, 0.15) is 45.4 Å². The lowest BCUT2D eigenvalue weighted by molar-refractivity contribution is 0.0181. The van der Waals surface area contributed by atoms with E-state index in [0.29, 0.717) is 6.42 Å². The summed E-state index contributed by atoms with van der Waals surface area (Å²) >= 11 is 0. The van der Waals surface area contributed by atoms with Crippen LogP contribution in [0.3, 0.4) is 0 Å². The van der Waals surface area contributed by atoms with Gasteiger partial charge in [-0.3, -0.25) is 0 Å². The highest BCUT2D eigenvalue weighted by Crippen LogP contribution is 2.34. The minimum absolute atomic E-state index is 0.594. The van der Waals surface area contributed by atoms with Crippen LogP contribution in [0, 0.1) is 5.92 Å². The van der Waals surface area contributed by atoms with E-state index in [2.05, 4.69) is 16.5 Å². The number of aryl methyl sites for hydroxylation is 1. The molecule has 1 aliphatic carbocycles. The van der Waals surface area contributed by atoms with Gasteiger partial charge in [-0.15, -0.1) is 0 Å². The molecule has 2 rings (SSSR count). The third-order valence-electron chi connectivity index (χ3n) is 3.63. The van der Waals surface area contributed by atoms with Crippen molar-refractivity contribution in [3.05, 3.63) is 18.2 Å². The summed E-state index contributed by atoms with van der Waals surface area (Å²) in [4.78, 5) is 4.33. The highest BCUT2D eigenvalue weighted by atomic mass is 16.3. The smallest absolute Gasteiger partial charge is 0.111 e. The largest absolute Gasteiger partial charge is 0.390 e. The number of imidazole rings is 1. The molecule has 1 fully saturated rings. The SMILES string of the molecule is CCn1ccnc1CC(C)(O)CC1CCC1. The Balaban J connectivity index is 1.96. The molecule has 0 aromatic carbocycles. The van der Waals surface area contributed by atoms with Crippen LogP contribution < -0.4 is 0 Å². The molecule has 0 aliphatic heterocycles. The van der Waals surface area contributed by atoms with Gasteiger partial charge in [-0.1, -0.05) is 19.3 Å². The van der Waals surface area contributed by atoms with Gasteiger partial charge in [0, 0.05) is 25.4 Å². The maximum Gasteiger partial charge on any atom is 0.111 e. The third kappa shape index (κ3) is 2.64. The predicted molar refractivity (Wildman–Crippen MR) is 64.2 cm³/mol. The zero-order valence-corrected chi connectivity index (χ0v) is 10.3. The first kappa shape index (κ1) is 11.6. The normalized spacial score (nSPS) is 20.4. The van der Waals surface area contributed by atoms with E-state index in [1.807, 2.05) is 19.3 Å². The molecule has 0 radical (unpaired) electrons. The average Bonchev–Trinajstić information content (AvgIpc) is 2.58. The molecule has 0 bridgehead atoms. The molecule has 1 aromatic heterocycles. The second-order valence-electron chi connectivity index (χ2n) is 5.30. The molecular weight excluding hydrogens is 200 g/mol. The molecule has 1 aliphatic rings. The van der Waals surface area contributed by atoms with Gasteiger partial charge < -0.3 is 9.67 Å². The lowest BCUT2D eigenvalue weighted by Gasteiger charge is -2.33. The zero-order valence-electron chi connectivity index (χ0n) is 10.3. The van der Waals surface area contributed by atoms with Crippen LogP contribution in [-0.2, 0) is 13.0 Å². The van der Waals surface area contributed by atoms with Gasteiger partial charge in [0.2, 0.25) is 0 Å².